The molecule has 0 aliphatic heterocycles. The Labute approximate surface area is 44.8 Å². The van der Waals surface area contributed by atoms with Crippen molar-refractivity contribution in [3.05, 3.63) is 5.21 Å². The van der Waals surface area contributed by atoms with Crippen LogP contribution in [0.25, 0.3) is 0 Å². The van der Waals surface area contributed by atoms with E-state index in [2.05, 4.69) is 0 Å². The van der Waals surface area contributed by atoms with Crippen LogP contribution < -0.4 is 5.90 Å². The van der Waals surface area contributed by atoms with Crippen LogP contribution in [0.4, 0.5) is 0 Å². The summed E-state index contributed by atoms with van der Waals surface area (Å²) < 4.78 is 0. The zero-order chi connectivity index (χ0) is 2.00. The van der Waals surface area contributed by atoms with E-state index in [1.807, 2.05) is 5.90 Å². The van der Waals surface area contributed by atoms with E-state index in [1.54, 1.807) is 0 Å². The molecule has 0 rings (SSSR count). The fraction of sp³-hybridized carbons (Fsp3) is 0. The zero-order valence-electron chi connectivity index (χ0n) is 1.76. The molecule has 33 valence electrons. The van der Waals surface area contributed by atoms with E-state index in [0.717, 1.165) is 0 Å². The molecule has 1 radical (unpaired) electrons. The Hall–Kier alpha value is 0.920. The molecule has 4 heteroatoms. The van der Waals surface area contributed by atoms with Crippen LogP contribution in [0, 0.1) is 5.21 Å². The Morgan fingerprint density at radius 1 is 1.25 bits per heavy atom. The minimum absolute atomic E-state index is 0. The molecule has 0 spiro atoms. The van der Waals surface area contributed by atoms with E-state index >= 15 is 0 Å². The molecule has 2 nitrogen and oxygen atoms in total. The largest absolute Gasteiger partial charge is 0.637 e. The number of hydrogen-bond acceptors (Lipinski definition) is 1. The maximum Gasteiger partial charge on any atom is 0 e. The summed E-state index contributed by atoms with van der Waals surface area (Å²) in [5.74, 6) is 2.00. The van der Waals surface area contributed by atoms with Crippen LogP contribution in [0.2, 0.25) is 0 Å². The summed E-state index contributed by atoms with van der Waals surface area (Å²) in [7, 11) is 0. The fourth-order valence-electron chi connectivity index (χ4n) is 0. The van der Waals surface area contributed by atoms with Gasteiger partial charge in [0.05, 0.1) is 0 Å². The molecule has 4 heavy (non-hydrogen) atoms. The standard InChI is InChI=1S/Co.H3NO.Ni/c;1-2;/h;1H3;. The summed E-state index contributed by atoms with van der Waals surface area (Å²) in [4.78, 5) is 0. The van der Waals surface area contributed by atoms with Gasteiger partial charge in [0.25, 0.3) is 0 Å². The first kappa shape index (κ1) is 20.5. The Bertz CT molecular complexity index is 8.00. The molecule has 0 saturated carbocycles. The van der Waals surface area contributed by atoms with Gasteiger partial charge in [-0.3, -0.25) is 0 Å². The summed E-state index contributed by atoms with van der Waals surface area (Å²) in [6.45, 7) is 0. The normalized spacial score (nSPS) is 1.50. The Morgan fingerprint density at radius 2 is 1.25 bits per heavy atom. The van der Waals surface area contributed by atoms with Crippen molar-refractivity contribution in [2.24, 2.45) is 0 Å². The van der Waals surface area contributed by atoms with Gasteiger partial charge in [0.15, 0.2) is 0 Å². The van der Waals surface area contributed by atoms with Gasteiger partial charge >= 0.3 is 0 Å². The quantitative estimate of drug-likeness (QED) is 0.340. The third-order valence-corrected chi connectivity index (χ3v) is 0. The molecule has 0 atom stereocenters. The van der Waals surface area contributed by atoms with E-state index in [0.29, 0.717) is 0 Å². The van der Waals surface area contributed by atoms with Gasteiger partial charge < -0.3 is 11.1 Å². The molecule has 0 aromatic rings. The zero-order valence-corrected chi connectivity index (χ0v) is 3.79. The van der Waals surface area contributed by atoms with E-state index in [1.165, 1.54) is 0 Å². The monoisotopic (exact) mass is 150 g/mol. The fourth-order valence-corrected chi connectivity index (χ4v) is 0. The van der Waals surface area contributed by atoms with Gasteiger partial charge in [0, 0.05) is 33.3 Å². The Kier molecular flexibility index (Phi) is 202. The minimum Gasteiger partial charge on any atom is -0.637 e. The van der Waals surface area contributed by atoms with E-state index < -0.39 is 0 Å². The molecule has 0 aromatic carbocycles. The molecular weight excluding hydrogens is 148 g/mol. The second-order valence-electron chi connectivity index (χ2n) is 0. The van der Waals surface area contributed by atoms with Crippen molar-refractivity contribution in [3.63, 3.8) is 0 Å². The average molecular weight is 151 g/mol. The molecule has 0 aliphatic rings. The van der Waals surface area contributed by atoms with Crippen LogP contribution in [0.5, 0.6) is 0 Å². The van der Waals surface area contributed by atoms with Gasteiger partial charge in [-0.15, -0.1) is 0 Å². The second-order valence-corrected chi connectivity index (χ2v) is 0. The van der Waals surface area contributed by atoms with Gasteiger partial charge in [-0.2, -0.15) is 0 Å². The molecule has 0 bridgehead atoms. The molecule has 0 aliphatic carbocycles. The van der Waals surface area contributed by atoms with Gasteiger partial charge in [0.1, 0.15) is 0 Å². The predicted octanol–water partition coefficient (Wildman–Crippen LogP) is -1.28. The van der Waals surface area contributed by atoms with E-state index in [4.69, 9.17) is 5.21 Å². The number of quaternary nitrogens is 1. The maximum atomic E-state index is 8.00. The first-order chi connectivity index (χ1) is 1.00. The smallest absolute Gasteiger partial charge is 0 e. The molecule has 0 heterocycles. The van der Waals surface area contributed by atoms with Crippen LogP contribution >= 0.6 is 0 Å². The van der Waals surface area contributed by atoms with Crippen molar-refractivity contribution < 1.29 is 39.2 Å². The van der Waals surface area contributed by atoms with Gasteiger partial charge in [-0.1, -0.05) is 0 Å². The van der Waals surface area contributed by atoms with Crippen molar-refractivity contribution in [1.29, 1.82) is 0 Å². The molecule has 3 N–H and O–H groups in total. The molecular formula is H3CoNNiO. The molecule has 0 saturated heterocycles. The van der Waals surface area contributed by atoms with Crippen LogP contribution in [-0.2, 0) is 33.3 Å². The summed E-state index contributed by atoms with van der Waals surface area (Å²) in [5.41, 5.74) is 0. The van der Waals surface area contributed by atoms with Gasteiger partial charge in [0.2, 0.25) is 0 Å². The van der Waals surface area contributed by atoms with Crippen LogP contribution in [0.15, 0.2) is 0 Å². The van der Waals surface area contributed by atoms with Crippen molar-refractivity contribution in [1.82, 2.24) is 0 Å². The topological polar surface area (TPSA) is 50.7 Å². The summed E-state index contributed by atoms with van der Waals surface area (Å²) in [6.07, 6.45) is 0. The maximum absolute atomic E-state index is 8.00. The van der Waals surface area contributed by atoms with E-state index in [-0.39, 0.29) is 33.3 Å². The van der Waals surface area contributed by atoms with Gasteiger partial charge in [-0.05, 0) is 0 Å². The third-order valence-electron chi connectivity index (χ3n) is 0. The Morgan fingerprint density at radius 3 is 1.25 bits per heavy atom. The van der Waals surface area contributed by atoms with Crippen LogP contribution in [0.3, 0.4) is 0 Å². The van der Waals surface area contributed by atoms with E-state index in [9.17, 15) is 0 Å². The molecule has 0 fully saturated rings. The summed E-state index contributed by atoms with van der Waals surface area (Å²) in [6, 6.07) is 0. The molecule has 0 amide bonds. The third kappa shape index (κ3) is 12.7. The second kappa shape index (κ2) is 39.5. The predicted molar refractivity (Wildman–Crippen MR) is 6.26 cm³/mol. The molecule has 0 unspecified atom stereocenters. The van der Waals surface area contributed by atoms with Crippen molar-refractivity contribution in [2.75, 3.05) is 0 Å². The minimum atomic E-state index is 0. The van der Waals surface area contributed by atoms with Crippen LogP contribution in [0.1, 0.15) is 0 Å². The summed E-state index contributed by atoms with van der Waals surface area (Å²) in [5, 5.41) is 8.00. The first-order valence-electron chi connectivity index (χ1n) is 0.289. The Balaban J connectivity index is -0.00000000500. The van der Waals surface area contributed by atoms with Crippen molar-refractivity contribution in [3.8, 4) is 0 Å². The van der Waals surface area contributed by atoms with Crippen molar-refractivity contribution >= 4 is 0 Å². The summed E-state index contributed by atoms with van der Waals surface area (Å²) >= 11 is 0. The average Bonchev–Trinajstić information content (AvgIpc) is 1.00. The number of rotatable bonds is 0. The van der Waals surface area contributed by atoms with Crippen molar-refractivity contribution in [2.45, 2.75) is 0 Å². The number of hydrogen-bond donors (Lipinski definition) is 1. The van der Waals surface area contributed by atoms with Crippen LogP contribution in [-0.4, -0.2) is 0 Å². The first-order valence-corrected chi connectivity index (χ1v) is 0.289. The molecule has 0 aromatic heterocycles. The van der Waals surface area contributed by atoms with Gasteiger partial charge in [-0.25, -0.2) is 0 Å². The SMILES string of the molecule is [Co].[NH3+][O-].[Ni].